The number of rotatable bonds is 4. The lowest BCUT2D eigenvalue weighted by molar-refractivity contribution is 0.0651. The molecular formula is C22H14O5. The highest BCUT2D eigenvalue weighted by Gasteiger charge is 2.17. The van der Waals surface area contributed by atoms with Crippen molar-refractivity contribution in [2.45, 2.75) is 0 Å². The summed E-state index contributed by atoms with van der Waals surface area (Å²) in [5.41, 5.74) is 0.840. The van der Waals surface area contributed by atoms with E-state index in [2.05, 4.69) is 11.8 Å². The molecule has 0 aliphatic carbocycles. The van der Waals surface area contributed by atoms with Crippen molar-refractivity contribution in [3.8, 4) is 23.3 Å². The van der Waals surface area contributed by atoms with Gasteiger partial charge in [-0.25, -0.2) is 9.59 Å². The SMILES string of the molecule is O=C(O)c1ccc(Oc2ccccc2C#Cc2ccccc2)cc1C(=O)O. The third-order valence-corrected chi connectivity index (χ3v) is 3.68. The maximum absolute atomic E-state index is 11.3. The average Bonchev–Trinajstić information content (AvgIpc) is 2.68. The van der Waals surface area contributed by atoms with E-state index in [9.17, 15) is 14.7 Å². The van der Waals surface area contributed by atoms with Gasteiger partial charge in [-0.1, -0.05) is 42.2 Å². The third kappa shape index (κ3) is 4.33. The summed E-state index contributed by atoms with van der Waals surface area (Å²) in [5, 5.41) is 18.3. The predicted molar refractivity (Wildman–Crippen MR) is 99.3 cm³/mol. The molecule has 0 fully saturated rings. The van der Waals surface area contributed by atoms with Gasteiger partial charge in [0.1, 0.15) is 11.5 Å². The molecule has 0 unspecified atom stereocenters. The summed E-state index contributed by atoms with van der Waals surface area (Å²) in [6.45, 7) is 0. The standard InChI is InChI=1S/C22H14O5/c23-21(24)18-13-12-17(14-19(18)22(25)26)27-20-9-5-4-8-16(20)11-10-15-6-2-1-3-7-15/h1-9,12-14H,(H,23,24)(H,25,26). The molecule has 3 rings (SSSR count). The summed E-state index contributed by atoms with van der Waals surface area (Å²) in [5.74, 6) is 4.08. The number of benzene rings is 3. The molecule has 0 aromatic heterocycles. The van der Waals surface area contributed by atoms with Gasteiger partial charge >= 0.3 is 11.9 Å². The van der Waals surface area contributed by atoms with Crippen LogP contribution in [-0.2, 0) is 0 Å². The zero-order valence-electron chi connectivity index (χ0n) is 14.0. The van der Waals surface area contributed by atoms with E-state index in [0.717, 1.165) is 5.56 Å². The van der Waals surface area contributed by atoms with E-state index < -0.39 is 11.9 Å². The van der Waals surface area contributed by atoms with Crippen LogP contribution < -0.4 is 4.74 Å². The molecule has 5 nitrogen and oxygen atoms in total. The van der Waals surface area contributed by atoms with Crippen molar-refractivity contribution in [3.05, 3.63) is 95.1 Å². The molecule has 132 valence electrons. The van der Waals surface area contributed by atoms with Crippen LogP contribution in [0.25, 0.3) is 0 Å². The predicted octanol–water partition coefficient (Wildman–Crippen LogP) is 4.28. The van der Waals surface area contributed by atoms with E-state index in [0.29, 0.717) is 11.3 Å². The maximum atomic E-state index is 11.3. The summed E-state index contributed by atoms with van der Waals surface area (Å²) in [6, 6.07) is 20.4. The minimum absolute atomic E-state index is 0.214. The van der Waals surface area contributed by atoms with Crippen LogP contribution in [0.5, 0.6) is 11.5 Å². The van der Waals surface area contributed by atoms with Gasteiger partial charge in [-0.3, -0.25) is 0 Å². The summed E-state index contributed by atoms with van der Waals surface area (Å²) < 4.78 is 5.76. The van der Waals surface area contributed by atoms with Crippen LogP contribution in [0.15, 0.2) is 72.8 Å². The van der Waals surface area contributed by atoms with Crippen molar-refractivity contribution >= 4 is 11.9 Å². The molecule has 2 N–H and O–H groups in total. The van der Waals surface area contributed by atoms with Crippen LogP contribution in [0, 0.1) is 11.8 Å². The molecule has 0 saturated carbocycles. The van der Waals surface area contributed by atoms with Crippen LogP contribution in [0.4, 0.5) is 0 Å². The Hall–Kier alpha value is -4.04. The van der Waals surface area contributed by atoms with Crippen molar-refractivity contribution in [3.63, 3.8) is 0 Å². The van der Waals surface area contributed by atoms with Crippen molar-refractivity contribution in [2.75, 3.05) is 0 Å². The first kappa shape index (κ1) is 17.8. The van der Waals surface area contributed by atoms with Crippen LogP contribution in [-0.4, -0.2) is 22.2 Å². The minimum Gasteiger partial charge on any atom is -0.478 e. The number of ether oxygens (including phenoxy) is 1. The van der Waals surface area contributed by atoms with Crippen LogP contribution >= 0.6 is 0 Å². The minimum atomic E-state index is -1.34. The normalized spacial score (nSPS) is 9.78. The van der Waals surface area contributed by atoms with Crippen molar-refractivity contribution in [1.82, 2.24) is 0 Å². The van der Waals surface area contributed by atoms with Gasteiger partial charge in [-0.2, -0.15) is 0 Å². The first-order valence-corrected chi connectivity index (χ1v) is 7.99. The average molecular weight is 358 g/mol. The smallest absolute Gasteiger partial charge is 0.336 e. The molecular weight excluding hydrogens is 344 g/mol. The fourth-order valence-electron chi connectivity index (χ4n) is 2.40. The quantitative estimate of drug-likeness (QED) is 0.680. The second-order valence-corrected chi connectivity index (χ2v) is 5.53. The first-order chi connectivity index (χ1) is 13.0. The fourth-order valence-corrected chi connectivity index (χ4v) is 2.40. The lowest BCUT2D eigenvalue weighted by atomic mass is 10.1. The Morgan fingerprint density at radius 2 is 1.41 bits per heavy atom. The van der Waals surface area contributed by atoms with Gasteiger partial charge in [-0.05, 0) is 42.5 Å². The Labute approximate surface area is 155 Å². The molecule has 0 aliphatic heterocycles. The van der Waals surface area contributed by atoms with Crippen LogP contribution in [0.3, 0.4) is 0 Å². The number of carbonyl (C=O) groups is 2. The van der Waals surface area contributed by atoms with E-state index in [4.69, 9.17) is 9.84 Å². The summed E-state index contributed by atoms with van der Waals surface area (Å²) in [6.07, 6.45) is 0. The number of aromatic carboxylic acids is 2. The Balaban J connectivity index is 1.93. The molecule has 0 saturated heterocycles. The molecule has 0 spiro atoms. The van der Waals surface area contributed by atoms with E-state index in [1.165, 1.54) is 18.2 Å². The van der Waals surface area contributed by atoms with Crippen LogP contribution in [0.2, 0.25) is 0 Å². The number of carboxylic acid groups (broad SMARTS) is 2. The third-order valence-electron chi connectivity index (χ3n) is 3.68. The molecule has 0 heterocycles. The molecule has 0 bridgehead atoms. The molecule has 3 aromatic carbocycles. The molecule has 0 amide bonds. The van der Waals surface area contributed by atoms with Gasteiger partial charge in [0.25, 0.3) is 0 Å². The summed E-state index contributed by atoms with van der Waals surface area (Å²) >= 11 is 0. The topological polar surface area (TPSA) is 83.8 Å². The number of hydrogen-bond acceptors (Lipinski definition) is 3. The van der Waals surface area contributed by atoms with Gasteiger partial charge < -0.3 is 14.9 Å². The Morgan fingerprint density at radius 3 is 2.11 bits per heavy atom. The van der Waals surface area contributed by atoms with Crippen molar-refractivity contribution in [1.29, 1.82) is 0 Å². The molecule has 5 heteroatoms. The summed E-state index contributed by atoms with van der Waals surface area (Å²) in [7, 11) is 0. The van der Waals surface area contributed by atoms with Crippen molar-refractivity contribution < 1.29 is 24.5 Å². The zero-order valence-corrected chi connectivity index (χ0v) is 14.0. The van der Waals surface area contributed by atoms with Gasteiger partial charge in [-0.15, -0.1) is 0 Å². The van der Waals surface area contributed by atoms with Crippen LogP contribution in [0.1, 0.15) is 31.8 Å². The van der Waals surface area contributed by atoms with E-state index >= 15 is 0 Å². The molecule has 0 atom stereocenters. The highest BCUT2D eigenvalue weighted by atomic mass is 16.5. The number of carboxylic acids is 2. The lowest BCUT2D eigenvalue weighted by Crippen LogP contribution is -2.08. The van der Waals surface area contributed by atoms with Gasteiger partial charge in [0.15, 0.2) is 0 Å². The molecule has 27 heavy (non-hydrogen) atoms. The molecule has 0 radical (unpaired) electrons. The molecule has 3 aromatic rings. The zero-order chi connectivity index (χ0) is 19.2. The highest BCUT2D eigenvalue weighted by molar-refractivity contribution is 6.02. The number of hydrogen-bond donors (Lipinski definition) is 2. The van der Waals surface area contributed by atoms with E-state index in [1.54, 1.807) is 18.2 Å². The Morgan fingerprint density at radius 1 is 0.741 bits per heavy atom. The van der Waals surface area contributed by atoms with Gasteiger partial charge in [0.05, 0.1) is 16.7 Å². The van der Waals surface area contributed by atoms with E-state index in [1.807, 2.05) is 36.4 Å². The monoisotopic (exact) mass is 358 g/mol. The van der Waals surface area contributed by atoms with Gasteiger partial charge in [0.2, 0.25) is 0 Å². The van der Waals surface area contributed by atoms with E-state index in [-0.39, 0.29) is 16.9 Å². The Kier molecular flexibility index (Phi) is 5.20. The lowest BCUT2D eigenvalue weighted by Gasteiger charge is -2.09. The molecule has 0 aliphatic rings. The Bertz CT molecular complexity index is 1060. The van der Waals surface area contributed by atoms with Gasteiger partial charge in [0, 0.05) is 5.56 Å². The summed E-state index contributed by atoms with van der Waals surface area (Å²) in [4.78, 5) is 22.5. The fraction of sp³-hybridized carbons (Fsp3) is 0. The maximum Gasteiger partial charge on any atom is 0.336 e. The van der Waals surface area contributed by atoms with Crippen molar-refractivity contribution in [2.24, 2.45) is 0 Å². The first-order valence-electron chi connectivity index (χ1n) is 7.99. The second-order valence-electron chi connectivity index (χ2n) is 5.53. The second kappa shape index (κ2) is 7.89. The largest absolute Gasteiger partial charge is 0.478 e. The highest BCUT2D eigenvalue weighted by Crippen LogP contribution is 2.27. The number of para-hydroxylation sites is 1.